The summed E-state index contributed by atoms with van der Waals surface area (Å²) in [6, 6.07) is 8.19. The van der Waals surface area contributed by atoms with Crippen LogP contribution in [0.2, 0.25) is 5.02 Å². The predicted octanol–water partition coefficient (Wildman–Crippen LogP) is 3.15. The average Bonchev–Trinajstić information content (AvgIpc) is 3.64. The van der Waals surface area contributed by atoms with Gasteiger partial charge in [0.05, 0.1) is 5.92 Å². The van der Waals surface area contributed by atoms with E-state index in [1.807, 2.05) is 36.1 Å². The number of benzene rings is 1. The smallest absolute Gasteiger partial charge is 0.231 e. The molecule has 0 radical (unpaired) electrons. The summed E-state index contributed by atoms with van der Waals surface area (Å²) in [7, 11) is 0. The van der Waals surface area contributed by atoms with E-state index in [0.29, 0.717) is 49.5 Å². The first-order chi connectivity index (χ1) is 16.4. The van der Waals surface area contributed by atoms with Crippen LogP contribution in [0.4, 0.5) is 11.6 Å². The summed E-state index contributed by atoms with van der Waals surface area (Å²) in [6.45, 7) is 6.75. The van der Waals surface area contributed by atoms with Gasteiger partial charge < -0.3 is 20.4 Å². The van der Waals surface area contributed by atoms with Crippen LogP contribution >= 0.6 is 11.6 Å². The lowest BCUT2D eigenvalue weighted by atomic mass is 9.94. The van der Waals surface area contributed by atoms with E-state index < -0.39 is 0 Å². The zero-order chi connectivity index (χ0) is 23.8. The van der Waals surface area contributed by atoms with Gasteiger partial charge in [0, 0.05) is 55.3 Å². The summed E-state index contributed by atoms with van der Waals surface area (Å²) in [5, 5.41) is 7.09. The zero-order valence-electron chi connectivity index (χ0n) is 19.6. The number of rotatable bonds is 6. The number of carbonyl (C=O) groups is 2. The van der Waals surface area contributed by atoms with Crippen LogP contribution in [0.15, 0.2) is 30.6 Å². The standard InChI is InChI=1S/C25H31ClN6O2/c1-15-11-21(33)30-23-22(15)24(29-14-28-23)31-9-10-32(16(2)13-31)25(34)20(12-27-19-7-8-19)17-3-5-18(26)6-4-17/h3-6,14-16,19-20,27H,7-13H2,1-2H3,(H,28,29,30,33)/t15-,16-,20-/m1/s1. The normalized spacial score (nSPS) is 23.3. The van der Waals surface area contributed by atoms with Crippen LogP contribution < -0.4 is 15.5 Å². The molecule has 2 aromatic rings. The molecule has 1 aromatic carbocycles. The second-order valence-corrected chi connectivity index (χ2v) is 10.2. The van der Waals surface area contributed by atoms with Gasteiger partial charge in [-0.15, -0.1) is 0 Å². The van der Waals surface area contributed by atoms with Crippen molar-refractivity contribution in [2.75, 3.05) is 36.4 Å². The van der Waals surface area contributed by atoms with Crippen molar-refractivity contribution >= 4 is 35.1 Å². The fourth-order valence-electron chi connectivity index (χ4n) is 5.05. The van der Waals surface area contributed by atoms with Crippen LogP contribution in [0.25, 0.3) is 0 Å². The molecule has 3 aliphatic rings. The van der Waals surface area contributed by atoms with E-state index in [9.17, 15) is 9.59 Å². The van der Waals surface area contributed by atoms with Crippen LogP contribution in [0.3, 0.4) is 0 Å². The number of aromatic nitrogens is 2. The highest BCUT2D eigenvalue weighted by Gasteiger charge is 2.36. The zero-order valence-corrected chi connectivity index (χ0v) is 20.4. The van der Waals surface area contributed by atoms with Gasteiger partial charge in [-0.1, -0.05) is 30.7 Å². The molecule has 2 amide bonds. The van der Waals surface area contributed by atoms with Gasteiger partial charge in [-0.05, 0) is 43.4 Å². The fraction of sp³-hybridized carbons (Fsp3) is 0.520. The minimum absolute atomic E-state index is 0.0125. The first kappa shape index (κ1) is 23.1. The molecule has 34 heavy (non-hydrogen) atoms. The first-order valence-corrected chi connectivity index (χ1v) is 12.5. The van der Waals surface area contributed by atoms with Crippen LogP contribution in [0, 0.1) is 0 Å². The van der Waals surface area contributed by atoms with Crippen LogP contribution in [0.1, 0.15) is 56.1 Å². The van der Waals surface area contributed by atoms with Crippen LogP contribution in [0.5, 0.6) is 0 Å². The first-order valence-electron chi connectivity index (χ1n) is 12.1. The molecular formula is C25H31ClN6O2. The second kappa shape index (κ2) is 9.50. The Kier molecular flexibility index (Phi) is 6.44. The number of anilines is 2. The average molecular weight is 483 g/mol. The lowest BCUT2D eigenvalue weighted by Crippen LogP contribution is -2.56. The number of amides is 2. The number of fused-ring (bicyclic) bond motifs is 1. The molecule has 1 saturated heterocycles. The molecule has 2 N–H and O–H groups in total. The van der Waals surface area contributed by atoms with Crippen molar-refractivity contribution in [3.05, 3.63) is 46.7 Å². The van der Waals surface area contributed by atoms with Crippen molar-refractivity contribution in [2.45, 2.75) is 57.0 Å². The van der Waals surface area contributed by atoms with Crippen LogP contribution in [-0.2, 0) is 9.59 Å². The third-order valence-electron chi connectivity index (χ3n) is 7.07. The molecule has 0 spiro atoms. The molecule has 0 bridgehead atoms. The molecule has 2 fully saturated rings. The maximum Gasteiger partial charge on any atom is 0.231 e. The summed E-state index contributed by atoms with van der Waals surface area (Å²) in [6.07, 6.45) is 4.30. The van der Waals surface area contributed by atoms with Crippen molar-refractivity contribution in [2.24, 2.45) is 0 Å². The molecule has 1 aliphatic carbocycles. The Morgan fingerprint density at radius 2 is 1.97 bits per heavy atom. The van der Waals surface area contributed by atoms with Crippen molar-refractivity contribution in [1.29, 1.82) is 0 Å². The Balaban J connectivity index is 1.33. The van der Waals surface area contributed by atoms with E-state index in [1.165, 1.54) is 19.2 Å². The van der Waals surface area contributed by atoms with E-state index in [2.05, 4.69) is 32.4 Å². The van der Waals surface area contributed by atoms with Gasteiger partial charge in [-0.2, -0.15) is 0 Å². The summed E-state index contributed by atoms with van der Waals surface area (Å²) in [5.41, 5.74) is 1.98. The van der Waals surface area contributed by atoms with E-state index in [0.717, 1.165) is 16.9 Å². The number of nitrogens with one attached hydrogen (secondary N) is 2. The molecule has 2 aliphatic heterocycles. The van der Waals surface area contributed by atoms with Gasteiger partial charge in [-0.25, -0.2) is 9.97 Å². The minimum atomic E-state index is -0.242. The highest BCUT2D eigenvalue weighted by Crippen LogP contribution is 2.37. The lowest BCUT2D eigenvalue weighted by molar-refractivity contribution is -0.135. The maximum atomic E-state index is 13.8. The van der Waals surface area contributed by atoms with E-state index >= 15 is 0 Å². The van der Waals surface area contributed by atoms with Gasteiger partial charge in [0.25, 0.3) is 0 Å². The highest BCUT2D eigenvalue weighted by molar-refractivity contribution is 6.30. The largest absolute Gasteiger partial charge is 0.352 e. The van der Waals surface area contributed by atoms with Crippen molar-refractivity contribution in [1.82, 2.24) is 20.2 Å². The Morgan fingerprint density at radius 3 is 2.68 bits per heavy atom. The maximum absolute atomic E-state index is 13.8. The van der Waals surface area contributed by atoms with Gasteiger partial charge in [0.1, 0.15) is 18.0 Å². The monoisotopic (exact) mass is 482 g/mol. The molecule has 0 unspecified atom stereocenters. The number of halogens is 1. The van der Waals surface area contributed by atoms with Crippen molar-refractivity contribution in [3.8, 4) is 0 Å². The summed E-state index contributed by atoms with van der Waals surface area (Å²) in [4.78, 5) is 38.8. The summed E-state index contributed by atoms with van der Waals surface area (Å²) in [5.74, 6) is 1.41. The summed E-state index contributed by atoms with van der Waals surface area (Å²) < 4.78 is 0. The Morgan fingerprint density at radius 1 is 1.21 bits per heavy atom. The third kappa shape index (κ3) is 4.74. The topological polar surface area (TPSA) is 90.5 Å². The number of piperazine rings is 1. The molecule has 5 rings (SSSR count). The van der Waals surface area contributed by atoms with E-state index in [4.69, 9.17) is 11.6 Å². The van der Waals surface area contributed by atoms with E-state index in [1.54, 1.807) is 0 Å². The SMILES string of the molecule is C[C@@H]1CC(=O)Nc2ncnc(N3CCN(C(=O)[C@H](CNC4CC4)c4ccc(Cl)cc4)[C@H](C)C3)c21. The lowest BCUT2D eigenvalue weighted by Gasteiger charge is -2.43. The number of hydrogen-bond donors (Lipinski definition) is 2. The number of hydrogen-bond acceptors (Lipinski definition) is 6. The number of nitrogens with zero attached hydrogens (tertiary/aromatic N) is 4. The Labute approximate surface area is 205 Å². The molecule has 1 saturated carbocycles. The van der Waals surface area contributed by atoms with Crippen LogP contribution in [-0.4, -0.2) is 64.9 Å². The molecule has 8 nitrogen and oxygen atoms in total. The second-order valence-electron chi connectivity index (χ2n) is 9.73. The quantitative estimate of drug-likeness (QED) is 0.657. The molecule has 3 heterocycles. The van der Waals surface area contributed by atoms with Gasteiger partial charge >= 0.3 is 0 Å². The van der Waals surface area contributed by atoms with E-state index in [-0.39, 0.29) is 29.7 Å². The molecule has 3 atom stereocenters. The molecular weight excluding hydrogens is 452 g/mol. The molecule has 1 aromatic heterocycles. The Bertz CT molecular complexity index is 1070. The van der Waals surface area contributed by atoms with Crippen molar-refractivity contribution < 1.29 is 9.59 Å². The molecule has 9 heteroatoms. The Hall–Kier alpha value is -2.71. The van der Waals surface area contributed by atoms with Gasteiger partial charge in [0.2, 0.25) is 11.8 Å². The fourth-order valence-corrected chi connectivity index (χ4v) is 5.17. The summed E-state index contributed by atoms with van der Waals surface area (Å²) >= 11 is 6.10. The third-order valence-corrected chi connectivity index (χ3v) is 7.33. The highest BCUT2D eigenvalue weighted by atomic mass is 35.5. The van der Waals surface area contributed by atoms with Gasteiger partial charge in [-0.3, -0.25) is 9.59 Å². The van der Waals surface area contributed by atoms with Gasteiger partial charge in [0.15, 0.2) is 0 Å². The predicted molar refractivity (Wildman–Crippen MR) is 132 cm³/mol. The van der Waals surface area contributed by atoms with Crippen molar-refractivity contribution in [3.63, 3.8) is 0 Å². The number of carbonyl (C=O) groups excluding carboxylic acids is 2. The minimum Gasteiger partial charge on any atom is -0.352 e. The molecule has 180 valence electrons.